The molecule has 1 heterocycles. The minimum Gasteiger partial charge on any atom is -0.378 e. The molecule has 140 valence electrons. The summed E-state index contributed by atoms with van der Waals surface area (Å²) < 4.78 is 0. The van der Waals surface area contributed by atoms with Crippen LogP contribution in [0.3, 0.4) is 0 Å². The highest BCUT2D eigenvalue weighted by atomic mass is 15.1. The van der Waals surface area contributed by atoms with Gasteiger partial charge in [0.25, 0.3) is 0 Å². The molecular weight excluding hydrogens is 334 g/mol. The van der Waals surface area contributed by atoms with Gasteiger partial charge >= 0.3 is 0 Å². The largest absolute Gasteiger partial charge is 0.378 e. The summed E-state index contributed by atoms with van der Waals surface area (Å²) in [6.45, 7) is 6.35. The van der Waals surface area contributed by atoms with E-state index in [2.05, 4.69) is 60.6 Å². The summed E-state index contributed by atoms with van der Waals surface area (Å²) in [5.41, 5.74) is 3.04. The van der Waals surface area contributed by atoms with E-state index in [1.807, 2.05) is 50.5 Å². The zero-order valence-electron chi connectivity index (χ0n) is 16.6. The quantitative estimate of drug-likeness (QED) is 0.657. The van der Waals surface area contributed by atoms with Crippen LogP contribution >= 0.6 is 0 Å². The molecule has 0 unspecified atom stereocenters. The molecule has 0 saturated heterocycles. The first kappa shape index (κ1) is 18.7. The maximum Gasteiger partial charge on any atom is 0.163 e. The van der Waals surface area contributed by atoms with Crippen molar-refractivity contribution in [2.75, 3.05) is 29.6 Å². The molecule has 0 amide bonds. The molecule has 0 bridgehead atoms. The summed E-state index contributed by atoms with van der Waals surface area (Å²) >= 11 is 0. The number of hydrogen-bond donors (Lipinski definition) is 2. The predicted molar refractivity (Wildman–Crippen MR) is 115 cm³/mol. The molecule has 0 aliphatic heterocycles. The maximum atomic E-state index is 4.71. The zero-order chi connectivity index (χ0) is 19.4. The van der Waals surface area contributed by atoms with Crippen LogP contribution in [0.25, 0.3) is 11.4 Å². The van der Waals surface area contributed by atoms with Crippen LogP contribution in [0.15, 0.2) is 60.7 Å². The molecule has 3 aromatic rings. The average molecular weight is 361 g/mol. The lowest BCUT2D eigenvalue weighted by Crippen LogP contribution is -2.26. The molecule has 0 atom stereocenters. The summed E-state index contributed by atoms with van der Waals surface area (Å²) in [5, 5.41) is 6.84. The van der Waals surface area contributed by atoms with Crippen molar-refractivity contribution in [2.24, 2.45) is 0 Å². The monoisotopic (exact) mass is 361 g/mol. The number of rotatable bonds is 5. The van der Waals surface area contributed by atoms with Crippen LogP contribution in [-0.4, -0.2) is 29.6 Å². The van der Waals surface area contributed by atoms with Gasteiger partial charge in [0.05, 0.1) is 0 Å². The third kappa shape index (κ3) is 5.20. The van der Waals surface area contributed by atoms with E-state index < -0.39 is 0 Å². The van der Waals surface area contributed by atoms with Gasteiger partial charge in [-0.05, 0) is 45.0 Å². The molecule has 27 heavy (non-hydrogen) atoms. The Kier molecular flexibility index (Phi) is 5.31. The summed E-state index contributed by atoms with van der Waals surface area (Å²) in [4.78, 5) is 11.5. The fourth-order valence-corrected chi connectivity index (χ4v) is 2.67. The summed E-state index contributed by atoms with van der Waals surface area (Å²) in [6, 6.07) is 20.2. The van der Waals surface area contributed by atoms with Gasteiger partial charge in [0.1, 0.15) is 11.6 Å². The maximum absolute atomic E-state index is 4.71. The lowest BCUT2D eigenvalue weighted by Gasteiger charge is -2.22. The second-order valence-electron chi connectivity index (χ2n) is 7.77. The fourth-order valence-electron chi connectivity index (χ4n) is 2.67. The fraction of sp³-hybridized carbons (Fsp3) is 0.273. The smallest absolute Gasteiger partial charge is 0.163 e. The number of aromatic nitrogens is 2. The Morgan fingerprint density at radius 2 is 1.44 bits per heavy atom. The average Bonchev–Trinajstić information content (AvgIpc) is 2.61. The first-order chi connectivity index (χ1) is 12.8. The van der Waals surface area contributed by atoms with Crippen molar-refractivity contribution >= 4 is 23.0 Å². The lowest BCUT2D eigenvalue weighted by molar-refractivity contribution is 0.630. The number of nitrogens with zero attached hydrogens (tertiary/aromatic N) is 3. The van der Waals surface area contributed by atoms with Crippen LogP contribution in [0.2, 0.25) is 0 Å². The molecule has 1 aromatic heterocycles. The number of nitrogens with one attached hydrogen (secondary N) is 2. The summed E-state index contributed by atoms with van der Waals surface area (Å²) in [7, 11) is 4.06. The molecule has 2 aromatic carbocycles. The van der Waals surface area contributed by atoms with E-state index in [9.17, 15) is 0 Å². The van der Waals surface area contributed by atoms with Crippen LogP contribution in [-0.2, 0) is 0 Å². The van der Waals surface area contributed by atoms with E-state index in [0.29, 0.717) is 5.82 Å². The van der Waals surface area contributed by atoms with Gasteiger partial charge in [-0.3, -0.25) is 0 Å². The van der Waals surface area contributed by atoms with Gasteiger partial charge in [-0.1, -0.05) is 30.3 Å². The molecule has 0 radical (unpaired) electrons. The topological polar surface area (TPSA) is 53.1 Å². The van der Waals surface area contributed by atoms with Gasteiger partial charge in [0.2, 0.25) is 0 Å². The zero-order valence-corrected chi connectivity index (χ0v) is 16.6. The number of benzene rings is 2. The molecule has 0 aliphatic carbocycles. The van der Waals surface area contributed by atoms with Crippen molar-refractivity contribution < 1.29 is 0 Å². The van der Waals surface area contributed by atoms with Crippen LogP contribution in [0.4, 0.5) is 23.0 Å². The minimum absolute atomic E-state index is 0.0903. The Bertz CT molecular complexity index is 881. The highest BCUT2D eigenvalue weighted by Gasteiger charge is 2.13. The number of hydrogen-bond acceptors (Lipinski definition) is 5. The van der Waals surface area contributed by atoms with Crippen LogP contribution in [0, 0.1) is 0 Å². The van der Waals surface area contributed by atoms with E-state index in [1.165, 1.54) is 0 Å². The molecule has 5 heteroatoms. The highest BCUT2D eigenvalue weighted by molar-refractivity contribution is 5.66. The Labute approximate surface area is 161 Å². The van der Waals surface area contributed by atoms with E-state index >= 15 is 0 Å². The molecule has 0 aliphatic rings. The van der Waals surface area contributed by atoms with Gasteiger partial charge < -0.3 is 15.5 Å². The third-order valence-electron chi connectivity index (χ3n) is 3.92. The minimum atomic E-state index is -0.0903. The van der Waals surface area contributed by atoms with Gasteiger partial charge in [-0.15, -0.1) is 0 Å². The third-order valence-corrected chi connectivity index (χ3v) is 3.92. The molecule has 5 nitrogen and oxygen atoms in total. The first-order valence-corrected chi connectivity index (χ1v) is 9.07. The highest BCUT2D eigenvalue weighted by Crippen LogP contribution is 2.25. The first-order valence-electron chi connectivity index (χ1n) is 9.07. The van der Waals surface area contributed by atoms with E-state index in [0.717, 1.165) is 28.6 Å². The normalized spacial score (nSPS) is 11.1. The van der Waals surface area contributed by atoms with Crippen LogP contribution < -0.4 is 15.5 Å². The van der Waals surface area contributed by atoms with Crippen molar-refractivity contribution in [1.29, 1.82) is 0 Å². The molecule has 0 fully saturated rings. The van der Waals surface area contributed by atoms with Gasteiger partial charge in [0, 0.05) is 42.6 Å². The van der Waals surface area contributed by atoms with Crippen molar-refractivity contribution in [2.45, 2.75) is 26.3 Å². The Hall–Kier alpha value is -3.08. The number of anilines is 4. The molecule has 0 spiro atoms. The Morgan fingerprint density at radius 3 is 2.04 bits per heavy atom. The SMILES string of the molecule is CN(C)c1ccc(Nc2cc(NC(C)(C)C)nc(-c3ccccc3)n2)cc1. The van der Waals surface area contributed by atoms with Gasteiger partial charge in [-0.2, -0.15) is 0 Å². The molecule has 2 N–H and O–H groups in total. The van der Waals surface area contributed by atoms with Gasteiger partial charge in [0.15, 0.2) is 5.82 Å². The molecular formula is C22H27N5. The van der Waals surface area contributed by atoms with Crippen LogP contribution in [0.5, 0.6) is 0 Å². The molecule has 0 saturated carbocycles. The second-order valence-corrected chi connectivity index (χ2v) is 7.77. The molecule has 3 rings (SSSR count). The summed E-state index contributed by atoms with van der Waals surface area (Å²) in [6.07, 6.45) is 0. The summed E-state index contributed by atoms with van der Waals surface area (Å²) in [5.74, 6) is 2.24. The lowest BCUT2D eigenvalue weighted by atomic mass is 10.1. The Balaban J connectivity index is 1.94. The van der Waals surface area contributed by atoms with Gasteiger partial charge in [-0.25, -0.2) is 9.97 Å². The van der Waals surface area contributed by atoms with Crippen LogP contribution in [0.1, 0.15) is 20.8 Å². The van der Waals surface area contributed by atoms with E-state index in [-0.39, 0.29) is 5.54 Å². The standard InChI is InChI=1S/C22H27N5/c1-22(2,3)26-20-15-19(23-17-11-13-18(14-12-17)27(4)5)24-21(25-20)16-9-7-6-8-10-16/h6-15H,1-5H3,(H2,23,24,25,26). The van der Waals surface area contributed by atoms with Crippen molar-refractivity contribution in [3.05, 3.63) is 60.7 Å². The second kappa shape index (κ2) is 7.66. The van der Waals surface area contributed by atoms with Crippen molar-refractivity contribution in [3.63, 3.8) is 0 Å². The Morgan fingerprint density at radius 1 is 0.815 bits per heavy atom. The van der Waals surface area contributed by atoms with E-state index in [4.69, 9.17) is 9.97 Å². The van der Waals surface area contributed by atoms with Crippen molar-refractivity contribution in [1.82, 2.24) is 9.97 Å². The van der Waals surface area contributed by atoms with Crippen molar-refractivity contribution in [3.8, 4) is 11.4 Å². The van der Waals surface area contributed by atoms with E-state index in [1.54, 1.807) is 0 Å². The predicted octanol–water partition coefficient (Wildman–Crippen LogP) is 5.16.